The van der Waals surface area contributed by atoms with E-state index in [0.717, 1.165) is 18.3 Å². The molecule has 3 N–H and O–H groups in total. The van der Waals surface area contributed by atoms with E-state index in [4.69, 9.17) is 5.21 Å². The number of hydroxylamine groups is 1. The fraction of sp³-hybridized carbons (Fsp3) is 0.0667. The van der Waals surface area contributed by atoms with Crippen molar-refractivity contribution in [3.05, 3.63) is 65.0 Å². The summed E-state index contributed by atoms with van der Waals surface area (Å²) < 4.78 is 38.6. The molecule has 0 bridgehead atoms. The van der Waals surface area contributed by atoms with Crippen LogP contribution in [0, 0.1) is 0 Å². The first-order valence-corrected chi connectivity index (χ1v) is 6.73. The van der Waals surface area contributed by atoms with E-state index >= 15 is 0 Å². The van der Waals surface area contributed by atoms with Crippen LogP contribution in [-0.2, 0) is 6.18 Å². The van der Waals surface area contributed by atoms with Crippen LogP contribution in [0.2, 0.25) is 0 Å². The monoisotopic (exact) mass is 352 g/mol. The lowest BCUT2D eigenvalue weighted by molar-refractivity contribution is -0.137. The van der Waals surface area contributed by atoms with Crippen LogP contribution >= 0.6 is 0 Å². The van der Waals surface area contributed by atoms with Crippen LogP contribution in [0.4, 0.5) is 13.2 Å². The van der Waals surface area contributed by atoms with Crippen molar-refractivity contribution in [1.82, 2.24) is 15.9 Å². The topological polar surface area (TPSA) is 104 Å². The number of carbonyl (C=O) groups is 2. The summed E-state index contributed by atoms with van der Waals surface area (Å²) in [4.78, 5) is 26.7. The molecule has 1 aromatic heterocycles. The fourth-order valence-corrected chi connectivity index (χ4v) is 1.83. The molecule has 1 heterocycles. The highest BCUT2D eigenvalue weighted by atomic mass is 19.4. The van der Waals surface area contributed by atoms with Crippen molar-refractivity contribution < 1.29 is 28.0 Å². The van der Waals surface area contributed by atoms with Gasteiger partial charge in [-0.15, -0.1) is 0 Å². The molecule has 0 atom stereocenters. The molecule has 0 unspecified atom stereocenters. The van der Waals surface area contributed by atoms with Crippen molar-refractivity contribution in [2.75, 3.05) is 0 Å². The van der Waals surface area contributed by atoms with Gasteiger partial charge in [0.15, 0.2) is 0 Å². The van der Waals surface area contributed by atoms with Crippen LogP contribution in [0.5, 0.6) is 0 Å². The highest BCUT2D eigenvalue weighted by molar-refractivity contribution is 5.96. The van der Waals surface area contributed by atoms with Crippen LogP contribution < -0.4 is 10.9 Å². The Kier molecular flexibility index (Phi) is 5.45. The Morgan fingerprint density at radius 3 is 2.44 bits per heavy atom. The van der Waals surface area contributed by atoms with Gasteiger partial charge in [0.25, 0.3) is 11.8 Å². The molecule has 0 saturated heterocycles. The molecule has 0 radical (unpaired) electrons. The normalized spacial score (nSPS) is 11.4. The van der Waals surface area contributed by atoms with Crippen molar-refractivity contribution in [1.29, 1.82) is 0 Å². The van der Waals surface area contributed by atoms with Gasteiger partial charge in [0.05, 0.1) is 17.3 Å². The molecule has 1 aromatic carbocycles. The third-order valence-corrected chi connectivity index (χ3v) is 2.98. The highest BCUT2D eigenvalue weighted by Gasteiger charge is 2.34. The molecule has 130 valence electrons. The molecule has 2 aromatic rings. The highest BCUT2D eigenvalue weighted by Crippen LogP contribution is 2.31. The molecule has 7 nitrogen and oxygen atoms in total. The van der Waals surface area contributed by atoms with Gasteiger partial charge < -0.3 is 0 Å². The van der Waals surface area contributed by atoms with Gasteiger partial charge in [0.2, 0.25) is 0 Å². The molecule has 0 fully saturated rings. The second-order valence-corrected chi connectivity index (χ2v) is 4.66. The van der Waals surface area contributed by atoms with Crippen LogP contribution in [0.25, 0.3) is 0 Å². The summed E-state index contributed by atoms with van der Waals surface area (Å²) in [6.07, 6.45) is -2.30. The van der Waals surface area contributed by atoms with E-state index < -0.39 is 29.1 Å². The van der Waals surface area contributed by atoms with Crippen molar-refractivity contribution in [2.45, 2.75) is 6.18 Å². The van der Waals surface area contributed by atoms with E-state index in [9.17, 15) is 22.8 Å². The molecular weight excluding hydrogens is 341 g/mol. The summed E-state index contributed by atoms with van der Waals surface area (Å²) in [5.41, 5.74) is 2.10. The molecule has 10 heteroatoms. The number of carbonyl (C=O) groups excluding carboxylic acids is 2. The summed E-state index contributed by atoms with van der Waals surface area (Å²) >= 11 is 0. The Morgan fingerprint density at radius 2 is 1.84 bits per heavy atom. The molecule has 0 saturated carbocycles. The molecule has 0 aliphatic rings. The van der Waals surface area contributed by atoms with E-state index in [0.29, 0.717) is 5.56 Å². The number of hydrogen-bond donors (Lipinski definition) is 3. The molecule has 2 rings (SSSR count). The van der Waals surface area contributed by atoms with Crippen LogP contribution in [0.1, 0.15) is 32.0 Å². The zero-order valence-electron chi connectivity index (χ0n) is 12.4. The second kappa shape index (κ2) is 7.53. The number of hydrogen-bond acceptors (Lipinski definition) is 5. The van der Waals surface area contributed by atoms with Crippen LogP contribution in [-0.4, -0.2) is 28.2 Å². The third-order valence-electron chi connectivity index (χ3n) is 2.98. The molecule has 25 heavy (non-hydrogen) atoms. The number of halogens is 3. The van der Waals surface area contributed by atoms with Gasteiger partial charge in [-0.05, 0) is 24.3 Å². The van der Waals surface area contributed by atoms with E-state index in [1.165, 1.54) is 35.9 Å². The predicted molar refractivity (Wildman–Crippen MR) is 80.0 cm³/mol. The number of benzene rings is 1. The van der Waals surface area contributed by atoms with E-state index in [-0.39, 0.29) is 5.69 Å². The maximum atomic E-state index is 12.9. The maximum absolute atomic E-state index is 12.9. The minimum atomic E-state index is -4.66. The molecule has 2 amide bonds. The Morgan fingerprint density at radius 1 is 1.12 bits per heavy atom. The third kappa shape index (κ3) is 4.61. The molecule has 0 aliphatic heterocycles. The Hall–Kier alpha value is -3.27. The van der Waals surface area contributed by atoms with Gasteiger partial charge >= 0.3 is 6.18 Å². The second-order valence-electron chi connectivity index (χ2n) is 4.66. The van der Waals surface area contributed by atoms with Crippen molar-refractivity contribution >= 4 is 18.0 Å². The van der Waals surface area contributed by atoms with Crippen LogP contribution in [0.3, 0.4) is 0 Å². The first-order chi connectivity index (χ1) is 11.8. The number of alkyl halides is 3. The number of hydrazone groups is 1. The fourth-order valence-electron chi connectivity index (χ4n) is 1.83. The SMILES string of the molecule is O=C(NO)c1ccc(C=NNC(=O)c2ccccc2C(F)(F)F)cn1. The van der Waals surface area contributed by atoms with Crippen LogP contribution in [0.15, 0.2) is 47.7 Å². The lowest BCUT2D eigenvalue weighted by Crippen LogP contribution is -2.22. The first-order valence-electron chi connectivity index (χ1n) is 6.73. The van der Waals surface area contributed by atoms with Crippen molar-refractivity contribution in [3.8, 4) is 0 Å². The molecule has 0 spiro atoms. The maximum Gasteiger partial charge on any atom is 0.417 e. The largest absolute Gasteiger partial charge is 0.417 e. The zero-order valence-corrected chi connectivity index (χ0v) is 12.4. The number of pyridine rings is 1. The average Bonchev–Trinajstić information content (AvgIpc) is 2.60. The summed E-state index contributed by atoms with van der Waals surface area (Å²) in [7, 11) is 0. The van der Waals surface area contributed by atoms with Crippen molar-refractivity contribution in [3.63, 3.8) is 0 Å². The Balaban J connectivity index is 2.08. The number of nitrogens with zero attached hydrogens (tertiary/aromatic N) is 2. The van der Waals surface area contributed by atoms with Gasteiger partial charge in [-0.2, -0.15) is 18.3 Å². The first kappa shape index (κ1) is 18.1. The van der Waals surface area contributed by atoms with Crippen molar-refractivity contribution in [2.24, 2.45) is 5.10 Å². The average molecular weight is 352 g/mol. The number of nitrogens with one attached hydrogen (secondary N) is 2. The minimum absolute atomic E-state index is 0.0530. The van der Waals surface area contributed by atoms with E-state index in [1.54, 1.807) is 0 Å². The molecule has 0 aliphatic carbocycles. The standard InChI is InChI=1S/C15H11F3N4O3/c16-15(17,18)11-4-2-1-3-10(11)13(23)21-20-8-9-5-6-12(19-7-9)14(24)22-25/h1-8,25H,(H,21,23)(H,22,24). The zero-order chi connectivity index (χ0) is 18.4. The van der Waals surface area contributed by atoms with E-state index in [2.05, 4.69) is 10.1 Å². The van der Waals surface area contributed by atoms with Gasteiger partial charge in [0.1, 0.15) is 5.69 Å². The summed E-state index contributed by atoms with van der Waals surface area (Å²) in [6.45, 7) is 0. The smallest absolute Gasteiger partial charge is 0.288 e. The minimum Gasteiger partial charge on any atom is -0.288 e. The predicted octanol–water partition coefficient (Wildman–Crippen LogP) is 1.98. The van der Waals surface area contributed by atoms with Gasteiger partial charge in [0, 0.05) is 11.8 Å². The Labute approximate surface area is 139 Å². The van der Waals surface area contributed by atoms with Gasteiger partial charge in [-0.25, -0.2) is 10.9 Å². The van der Waals surface area contributed by atoms with E-state index in [1.807, 2.05) is 5.43 Å². The van der Waals surface area contributed by atoms with Gasteiger partial charge in [-0.3, -0.25) is 19.8 Å². The van der Waals surface area contributed by atoms with Gasteiger partial charge in [-0.1, -0.05) is 12.1 Å². The quantitative estimate of drug-likeness (QED) is 0.445. The summed E-state index contributed by atoms with van der Waals surface area (Å²) in [5, 5.41) is 12.0. The lowest BCUT2D eigenvalue weighted by Gasteiger charge is -2.10. The lowest BCUT2D eigenvalue weighted by atomic mass is 10.1. The number of amides is 2. The Bertz CT molecular complexity index is 804. The summed E-state index contributed by atoms with van der Waals surface area (Å²) in [5.74, 6) is -1.83. The number of aromatic nitrogens is 1. The number of rotatable bonds is 4. The summed E-state index contributed by atoms with van der Waals surface area (Å²) in [6, 6.07) is 7.02. The molecular formula is C15H11F3N4O3.